The van der Waals surface area contributed by atoms with Crippen LogP contribution in [0.25, 0.3) is 0 Å². The summed E-state index contributed by atoms with van der Waals surface area (Å²) in [6.07, 6.45) is 0. The predicted molar refractivity (Wildman–Crippen MR) is 350 cm³/mol. The van der Waals surface area contributed by atoms with Crippen molar-refractivity contribution in [1.82, 2.24) is 69.8 Å². The summed E-state index contributed by atoms with van der Waals surface area (Å²) >= 11 is 0. The monoisotopic (exact) mass is 1320 g/mol. The Labute approximate surface area is 537 Å². The van der Waals surface area contributed by atoms with Gasteiger partial charge in [0.2, 0.25) is 0 Å². The van der Waals surface area contributed by atoms with Crippen molar-refractivity contribution in [3.8, 4) is 35.3 Å². The fraction of sp³-hybridized carbons (Fsp3) is 0.250. The topological polar surface area (TPSA) is 486 Å². The summed E-state index contributed by atoms with van der Waals surface area (Å²) in [5.74, 6) is -7.10. The molecule has 96 heavy (non-hydrogen) atoms. The average Bonchev–Trinajstić information content (AvgIpc) is 0.755. The van der Waals surface area contributed by atoms with Crippen LogP contribution in [0.2, 0.25) is 0 Å². The summed E-state index contributed by atoms with van der Waals surface area (Å²) in [5, 5.41) is 0. The van der Waals surface area contributed by atoms with Crippen LogP contribution in [-0.4, -0.2) is 69.8 Å². The van der Waals surface area contributed by atoms with Crippen molar-refractivity contribution in [3.05, 3.63) is 248 Å². The molecule has 0 bridgehead atoms. The molecular formula is C60H63N21O15. The molecule has 7 aromatic heterocycles. The van der Waals surface area contributed by atoms with Gasteiger partial charge in [-0.3, -0.25) is 83.6 Å². The summed E-state index contributed by atoms with van der Waals surface area (Å²) in [6.45, 7) is 0. The van der Waals surface area contributed by atoms with Gasteiger partial charge in [-0.1, -0.05) is 36.4 Å². The van der Waals surface area contributed by atoms with Gasteiger partial charge in [-0.15, -0.1) is 15.0 Å². The molecule has 0 atom stereocenters. The van der Waals surface area contributed by atoms with E-state index in [1.807, 2.05) is 0 Å². The van der Waals surface area contributed by atoms with Crippen molar-refractivity contribution in [1.29, 1.82) is 0 Å². The van der Waals surface area contributed by atoms with Crippen molar-refractivity contribution in [2.45, 2.75) is 17.8 Å². The summed E-state index contributed by atoms with van der Waals surface area (Å²) < 4.78 is 29.6. The molecule has 36 nitrogen and oxygen atoms in total. The van der Waals surface area contributed by atoms with E-state index in [9.17, 15) is 57.5 Å². The van der Waals surface area contributed by atoms with Crippen LogP contribution in [-0.2, 0) is 84.6 Å². The Morgan fingerprint density at radius 1 is 0.271 bits per heavy atom. The third-order valence-electron chi connectivity index (χ3n) is 17.0. The molecule has 0 radical (unpaired) electrons. The van der Waals surface area contributed by atoms with Crippen LogP contribution in [0, 0.1) is 0 Å². The molecule has 0 aliphatic heterocycles. The zero-order valence-corrected chi connectivity index (χ0v) is 53.5. The maximum atomic E-state index is 14.3. The van der Waals surface area contributed by atoms with Crippen molar-refractivity contribution in [2.75, 3.05) is 34.4 Å². The third kappa shape index (κ3) is 10.6. The van der Waals surface area contributed by atoms with Crippen LogP contribution >= 0.6 is 0 Å². The Balaban J connectivity index is 1.18. The lowest BCUT2D eigenvalue weighted by molar-refractivity contribution is 0.361. The molecule has 7 heterocycles. The second-order valence-electron chi connectivity index (χ2n) is 22.5. The zero-order valence-electron chi connectivity index (χ0n) is 53.5. The van der Waals surface area contributed by atoms with Gasteiger partial charge in [0.15, 0.2) is 0 Å². The first kappa shape index (κ1) is 65.9. The number of anilines is 6. The molecule has 0 spiro atoms. The van der Waals surface area contributed by atoms with Gasteiger partial charge in [0.1, 0.15) is 52.2 Å². The standard InChI is InChI=1S/C60H63N21O15/c1-70-40(61)34(46(82)76(7)55(70)88)31(35-41(62)71(2)56(89)77(8)47(35)83)25-16-13-19-28(22-25)94-52-67-53(95-29-20-14-17-26(23-29)32(36-42(63)72(3)57(90)78(9)48(36)84)37-43(64)73(4)58(91)79(10)49(37)85)69-54(68-52)96-30-21-15-18-27(24-30)33(38-44(65)74(5)59(92)80(11)50(38)86)39-45(66)75(6)60(93)81(12)51(39)87/h13-24,31-33H,61-66H2,1-12H3. The number of hydrogen-bond acceptors (Lipinski definition) is 24. The van der Waals surface area contributed by atoms with Crippen LogP contribution in [0.4, 0.5) is 34.9 Å². The number of aromatic nitrogens is 15. The lowest BCUT2D eigenvalue weighted by Crippen LogP contribution is -2.44. The van der Waals surface area contributed by atoms with Crippen LogP contribution in [0.15, 0.2) is 130 Å². The van der Waals surface area contributed by atoms with Gasteiger partial charge >= 0.3 is 52.2 Å². The van der Waals surface area contributed by atoms with E-state index in [1.54, 1.807) is 0 Å². The van der Waals surface area contributed by atoms with E-state index in [1.165, 1.54) is 157 Å². The highest BCUT2D eigenvalue weighted by Gasteiger charge is 2.36. The van der Waals surface area contributed by atoms with Gasteiger partial charge in [0.05, 0.1) is 51.1 Å². The predicted octanol–water partition coefficient (Wildman–Crippen LogP) is -3.33. The van der Waals surface area contributed by atoms with Crippen molar-refractivity contribution in [3.63, 3.8) is 0 Å². The van der Waals surface area contributed by atoms with Crippen molar-refractivity contribution < 1.29 is 14.2 Å². The minimum atomic E-state index is -1.52. The SMILES string of the molecule is Cn1c(N)c(C(c2cccc(Oc3nc(Oc4cccc(C(c5c(N)n(C)c(=O)n(C)c5=O)c5c(N)n(C)c(=O)n(C)c5=O)c4)nc(Oc4cccc(C(c5c(N)n(C)c(=O)n(C)c5=O)c5c(N)n(C)c(=O)n(C)c5=O)c4)n3)c2)c2c(N)n(C)c(=O)n(C)c2=O)c(=O)n(C)c1=O. The zero-order chi connectivity index (χ0) is 70.4. The average molecular weight is 1320 g/mol. The van der Waals surface area contributed by atoms with E-state index < -0.39 is 103 Å². The Kier molecular flexibility index (Phi) is 16.6. The molecule has 36 heteroatoms. The van der Waals surface area contributed by atoms with E-state index in [4.69, 9.17) is 48.6 Å². The molecule has 0 aliphatic carbocycles. The molecular weight excluding hydrogens is 1250 g/mol. The quantitative estimate of drug-likeness (QED) is 0.0584. The van der Waals surface area contributed by atoms with Crippen LogP contribution in [0.3, 0.4) is 0 Å². The van der Waals surface area contributed by atoms with Gasteiger partial charge in [-0.25, -0.2) is 28.8 Å². The van der Waals surface area contributed by atoms with Crippen LogP contribution in [0.5, 0.6) is 35.3 Å². The number of benzene rings is 3. The summed E-state index contributed by atoms with van der Waals surface area (Å²) in [4.78, 5) is 178. The van der Waals surface area contributed by atoms with Gasteiger partial charge < -0.3 is 48.6 Å². The minimum absolute atomic E-state index is 0.0861. The van der Waals surface area contributed by atoms with E-state index in [0.717, 1.165) is 54.8 Å². The molecule has 0 amide bonds. The fourth-order valence-corrected chi connectivity index (χ4v) is 11.4. The molecule has 0 aliphatic rings. The summed E-state index contributed by atoms with van der Waals surface area (Å²) in [6, 6.07) is 15.3. The number of hydrogen-bond donors (Lipinski definition) is 6. The molecule has 498 valence electrons. The fourth-order valence-electron chi connectivity index (χ4n) is 11.4. The number of nitrogens with zero attached hydrogens (tertiary/aromatic N) is 15. The first-order valence-corrected chi connectivity index (χ1v) is 28.5. The molecule has 12 N–H and O–H groups in total. The molecule has 10 rings (SSSR count). The molecule has 3 aromatic carbocycles. The van der Waals surface area contributed by atoms with Crippen LogP contribution < -0.4 is 116 Å². The first-order chi connectivity index (χ1) is 45.1. The van der Waals surface area contributed by atoms with E-state index in [2.05, 4.69) is 15.0 Å². The van der Waals surface area contributed by atoms with E-state index in [-0.39, 0.29) is 102 Å². The first-order valence-electron chi connectivity index (χ1n) is 28.5. The van der Waals surface area contributed by atoms with E-state index >= 15 is 0 Å². The second kappa shape index (κ2) is 24.2. The molecule has 10 aromatic rings. The van der Waals surface area contributed by atoms with Gasteiger partial charge in [-0.2, -0.15) is 0 Å². The van der Waals surface area contributed by atoms with Crippen molar-refractivity contribution >= 4 is 34.9 Å². The molecule has 0 saturated heterocycles. The minimum Gasteiger partial charge on any atom is -0.424 e. The van der Waals surface area contributed by atoms with Crippen LogP contribution in [0.1, 0.15) is 67.8 Å². The highest BCUT2D eigenvalue weighted by Crippen LogP contribution is 2.40. The van der Waals surface area contributed by atoms with Gasteiger partial charge in [0, 0.05) is 84.6 Å². The molecule has 0 saturated carbocycles. The lowest BCUT2D eigenvalue weighted by atomic mass is 9.86. The summed E-state index contributed by atoms with van der Waals surface area (Å²) in [5.41, 5.74) is 27.5. The number of ether oxygens (including phenoxy) is 3. The van der Waals surface area contributed by atoms with Gasteiger partial charge in [-0.05, 0) is 53.1 Å². The Bertz CT molecular complexity index is 4970. The number of rotatable bonds is 15. The largest absolute Gasteiger partial charge is 0.424 e. The summed E-state index contributed by atoms with van der Waals surface area (Å²) in [7, 11) is 15.0. The Hall–Kier alpha value is -13.0. The van der Waals surface area contributed by atoms with Gasteiger partial charge in [0.25, 0.3) is 33.4 Å². The number of nitrogens with two attached hydrogens (primary N) is 6. The highest BCUT2D eigenvalue weighted by atomic mass is 16.5. The Morgan fingerprint density at radius 2 is 0.438 bits per heavy atom. The maximum Gasteiger partial charge on any atom is 0.332 e. The van der Waals surface area contributed by atoms with Crippen molar-refractivity contribution in [2.24, 2.45) is 84.6 Å². The molecule has 0 unspecified atom stereocenters. The molecule has 0 fully saturated rings. The lowest BCUT2D eigenvalue weighted by Gasteiger charge is -2.24. The highest BCUT2D eigenvalue weighted by molar-refractivity contribution is 5.61. The smallest absolute Gasteiger partial charge is 0.332 e. The second-order valence-corrected chi connectivity index (χ2v) is 22.5. The normalized spacial score (nSPS) is 11.5. The number of nitrogen functional groups attached to an aromatic ring is 6. The maximum absolute atomic E-state index is 14.3. The third-order valence-corrected chi connectivity index (χ3v) is 17.0. The Morgan fingerprint density at radius 3 is 0.604 bits per heavy atom. The van der Waals surface area contributed by atoms with E-state index in [0.29, 0.717) is 0 Å².